The summed E-state index contributed by atoms with van der Waals surface area (Å²) in [5, 5.41) is 0. The lowest BCUT2D eigenvalue weighted by atomic mass is 10.3. The molecule has 0 spiro atoms. The van der Waals surface area contributed by atoms with Gasteiger partial charge in [-0.05, 0) is 28.9 Å². The highest BCUT2D eigenvalue weighted by Gasteiger charge is 1.95. The minimum absolute atomic E-state index is 0.0541. The Kier molecular flexibility index (Phi) is 3.24. The Morgan fingerprint density at radius 3 is 2.33 bits per heavy atom. The SMILES string of the molecule is C=C(N)/C=C(/Br)C(C)=O. The van der Waals surface area contributed by atoms with E-state index >= 15 is 0 Å². The van der Waals surface area contributed by atoms with E-state index in [-0.39, 0.29) is 5.78 Å². The maximum atomic E-state index is 10.5. The summed E-state index contributed by atoms with van der Waals surface area (Å²) in [6, 6.07) is 0. The molecule has 0 radical (unpaired) electrons. The van der Waals surface area contributed by atoms with Gasteiger partial charge in [0.05, 0.1) is 4.48 Å². The van der Waals surface area contributed by atoms with E-state index in [2.05, 4.69) is 22.5 Å². The zero-order valence-electron chi connectivity index (χ0n) is 5.15. The molecule has 0 aromatic carbocycles. The average Bonchev–Trinajstić information content (AvgIpc) is 1.63. The number of halogens is 1. The van der Waals surface area contributed by atoms with Crippen LogP contribution in [0.1, 0.15) is 6.92 Å². The third kappa shape index (κ3) is 3.97. The predicted molar refractivity (Wildman–Crippen MR) is 41.0 cm³/mol. The van der Waals surface area contributed by atoms with E-state index in [1.54, 1.807) is 0 Å². The Morgan fingerprint density at radius 1 is 1.78 bits per heavy atom. The summed E-state index contributed by atoms with van der Waals surface area (Å²) in [5.41, 5.74) is 5.55. The van der Waals surface area contributed by atoms with Gasteiger partial charge < -0.3 is 5.73 Å². The summed E-state index contributed by atoms with van der Waals surface area (Å²) in [7, 11) is 0. The molecule has 0 aliphatic heterocycles. The maximum Gasteiger partial charge on any atom is 0.166 e. The minimum Gasteiger partial charge on any atom is -0.399 e. The second kappa shape index (κ2) is 3.45. The van der Waals surface area contributed by atoms with Crippen LogP contribution in [0.4, 0.5) is 0 Å². The lowest BCUT2D eigenvalue weighted by molar-refractivity contribution is -0.112. The Morgan fingerprint density at radius 2 is 2.22 bits per heavy atom. The molecule has 9 heavy (non-hydrogen) atoms. The summed E-state index contributed by atoms with van der Waals surface area (Å²) in [6.45, 7) is 4.84. The standard InChI is InChI=1S/C6H8BrNO/c1-4(8)3-6(7)5(2)9/h3H,1,8H2,2H3/b6-3+. The van der Waals surface area contributed by atoms with Crippen LogP contribution in [-0.4, -0.2) is 5.78 Å². The van der Waals surface area contributed by atoms with E-state index in [0.29, 0.717) is 10.2 Å². The van der Waals surface area contributed by atoms with Crippen LogP contribution in [0.3, 0.4) is 0 Å². The van der Waals surface area contributed by atoms with Crippen LogP contribution in [0.25, 0.3) is 0 Å². The molecule has 0 saturated heterocycles. The highest BCUT2D eigenvalue weighted by atomic mass is 79.9. The van der Waals surface area contributed by atoms with Gasteiger partial charge >= 0.3 is 0 Å². The Balaban J connectivity index is 4.17. The fraction of sp³-hybridized carbons (Fsp3) is 0.167. The fourth-order valence-corrected chi connectivity index (χ4v) is 0.558. The topological polar surface area (TPSA) is 43.1 Å². The van der Waals surface area contributed by atoms with Crippen LogP contribution in [0.15, 0.2) is 22.8 Å². The largest absolute Gasteiger partial charge is 0.399 e. The molecule has 0 amide bonds. The van der Waals surface area contributed by atoms with Crippen LogP contribution < -0.4 is 5.73 Å². The minimum atomic E-state index is -0.0541. The molecule has 0 aromatic heterocycles. The molecule has 0 heterocycles. The second-order valence-corrected chi connectivity index (χ2v) is 2.48. The van der Waals surface area contributed by atoms with Gasteiger partial charge in [-0.15, -0.1) is 0 Å². The van der Waals surface area contributed by atoms with Crippen molar-refractivity contribution < 1.29 is 4.79 Å². The Labute approximate surface area is 62.6 Å². The van der Waals surface area contributed by atoms with Gasteiger partial charge in [0.15, 0.2) is 5.78 Å². The number of allylic oxidation sites excluding steroid dienone is 2. The lowest BCUT2D eigenvalue weighted by Crippen LogP contribution is -1.94. The highest BCUT2D eigenvalue weighted by molar-refractivity contribution is 9.12. The zero-order chi connectivity index (χ0) is 7.44. The first-order chi connectivity index (χ1) is 4.04. The molecule has 0 bridgehead atoms. The van der Waals surface area contributed by atoms with Gasteiger partial charge in [-0.2, -0.15) is 0 Å². The molecule has 2 nitrogen and oxygen atoms in total. The first kappa shape index (κ1) is 8.43. The molecule has 0 atom stereocenters. The van der Waals surface area contributed by atoms with Gasteiger partial charge in [-0.3, -0.25) is 4.79 Å². The molecule has 0 rings (SSSR count). The number of carbonyl (C=O) groups is 1. The van der Waals surface area contributed by atoms with E-state index in [4.69, 9.17) is 5.73 Å². The first-order valence-electron chi connectivity index (χ1n) is 2.36. The average molecular weight is 190 g/mol. The Hall–Kier alpha value is -0.570. The third-order valence-electron chi connectivity index (χ3n) is 0.648. The summed E-state index contributed by atoms with van der Waals surface area (Å²) >= 11 is 3.01. The van der Waals surface area contributed by atoms with E-state index in [0.717, 1.165) is 0 Å². The van der Waals surface area contributed by atoms with Crippen LogP contribution in [0.2, 0.25) is 0 Å². The van der Waals surface area contributed by atoms with Crippen molar-refractivity contribution in [1.82, 2.24) is 0 Å². The van der Waals surface area contributed by atoms with Gasteiger partial charge in [-0.25, -0.2) is 0 Å². The monoisotopic (exact) mass is 189 g/mol. The molecule has 3 heteroatoms. The van der Waals surface area contributed by atoms with E-state index in [9.17, 15) is 4.79 Å². The zero-order valence-corrected chi connectivity index (χ0v) is 6.73. The van der Waals surface area contributed by atoms with Crippen molar-refractivity contribution in [3.05, 3.63) is 22.8 Å². The molecule has 0 saturated carbocycles. The highest BCUT2D eigenvalue weighted by Crippen LogP contribution is 2.06. The summed E-state index contributed by atoms with van der Waals surface area (Å²) in [5.74, 6) is -0.0541. The van der Waals surface area contributed by atoms with Crippen molar-refractivity contribution in [2.45, 2.75) is 6.92 Å². The number of ketones is 1. The normalized spacial score (nSPS) is 11.1. The molecule has 0 aliphatic rings. The number of rotatable bonds is 2. The number of hydrogen-bond acceptors (Lipinski definition) is 2. The van der Waals surface area contributed by atoms with E-state index < -0.39 is 0 Å². The molecular weight excluding hydrogens is 182 g/mol. The van der Waals surface area contributed by atoms with Crippen molar-refractivity contribution in [2.24, 2.45) is 5.73 Å². The number of nitrogens with two attached hydrogens (primary N) is 1. The van der Waals surface area contributed by atoms with Gasteiger partial charge in [-0.1, -0.05) is 6.58 Å². The number of Topliss-reactive ketones (excluding diaryl/α,β-unsaturated/α-hetero) is 1. The molecule has 50 valence electrons. The summed E-state index contributed by atoms with van der Waals surface area (Å²) < 4.78 is 0.454. The van der Waals surface area contributed by atoms with Crippen molar-refractivity contribution in [2.75, 3.05) is 0 Å². The molecule has 0 unspecified atom stereocenters. The maximum absolute atomic E-state index is 10.5. The molecule has 0 aliphatic carbocycles. The fourth-order valence-electron chi connectivity index (χ4n) is 0.264. The number of carbonyl (C=O) groups excluding carboxylic acids is 1. The van der Waals surface area contributed by atoms with Crippen LogP contribution in [0, 0.1) is 0 Å². The van der Waals surface area contributed by atoms with Crippen LogP contribution >= 0.6 is 15.9 Å². The predicted octanol–water partition coefficient (Wildman–Crippen LogP) is 1.33. The van der Waals surface area contributed by atoms with Crippen LogP contribution in [0.5, 0.6) is 0 Å². The van der Waals surface area contributed by atoms with Crippen molar-refractivity contribution in [3.8, 4) is 0 Å². The Bertz CT molecular complexity index is 172. The van der Waals surface area contributed by atoms with E-state index in [1.807, 2.05) is 0 Å². The summed E-state index contributed by atoms with van der Waals surface area (Å²) in [4.78, 5) is 10.5. The smallest absolute Gasteiger partial charge is 0.166 e. The van der Waals surface area contributed by atoms with E-state index in [1.165, 1.54) is 13.0 Å². The van der Waals surface area contributed by atoms with Gasteiger partial charge in [0.1, 0.15) is 0 Å². The second-order valence-electron chi connectivity index (χ2n) is 1.62. The van der Waals surface area contributed by atoms with Gasteiger partial charge in [0, 0.05) is 5.70 Å². The molecule has 2 N–H and O–H groups in total. The van der Waals surface area contributed by atoms with Crippen molar-refractivity contribution in [1.29, 1.82) is 0 Å². The third-order valence-corrected chi connectivity index (χ3v) is 1.44. The quantitative estimate of drug-likeness (QED) is 0.527. The van der Waals surface area contributed by atoms with Gasteiger partial charge in [0.2, 0.25) is 0 Å². The molecule has 0 aromatic rings. The van der Waals surface area contributed by atoms with Crippen molar-refractivity contribution >= 4 is 21.7 Å². The first-order valence-corrected chi connectivity index (χ1v) is 3.16. The summed E-state index contributed by atoms with van der Waals surface area (Å²) in [6.07, 6.45) is 1.47. The van der Waals surface area contributed by atoms with Crippen molar-refractivity contribution in [3.63, 3.8) is 0 Å². The number of hydrogen-bond donors (Lipinski definition) is 1. The van der Waals surface area contributed by atoms with Crippen LogP contribution in [-0.2, 0) is 4.79 Å². The molecule has 0 fully saturated rings. The van der Waals surface area contributed by atoms with Gasteiger partial charge in [0.25, 0.3) is 0 Å². The molecular formula is C6H8BrNO. The lowest BCUT2D eigenvalue weighted by Gasteiger charge is -1.89.